The van der Waals surface area contributed by atoms with Crippen molar-refractivity contribution in [2.75, 3.05) is 18.1 Å². The SMILES string of the molecule is CCOc1cc(C#N)c(N2C(N)=NC(N)=NC23CCCCC3)cc1OCC. The molecule has 1 heterocycles. The van der Waals surface area contributed by atoms with E-state index in [-0.39, 0.29) is 11.9 Å². The van der Waals surface area contributed by atoms with Crippen molar-refractivity contribution in [1.82, 2.24) is 0 Å². The number of hydrogen-bond acceptors (Lipinski definition) is 8. The summed E-state index contributed by atoms with van der Waals surface area (Å²) in [7, 11) is 0. The average Bonchev–Trinajstić information content (AvgIpc) is 2.63. The van der Waals surface area contributed by atoms with Gasteiger partial charge in [0.2, 0.25) is 11.9 Å². The lowest BCUT2D eigenvalue weighted by Gasteiger charge is -2.45. The lowest BCUT2D eigenvalue weighted by molar-refractivity contribution is 0.286. The summed E-state index contributed by atoms with van der Waals surface area (Å²) >= 11 is 0. The van der Waals surface area contributed by atoms with Crippen molar-refractivity contribution in [3.63, 3.8) is 0 Å². The molecule has 0 saturated heterocycles. The van der Waals surface area contributed by atoms with E-state index in [2.05, 4.69) is 16.1 Å². The third-order valence-electron chi connectivity index (χ3n) is 4.87. The fraction of sp³-hybridized carbons (Fsp3) is 0.526. The van der Waals surface area contributed by atoms with Gasteiger partial charge in [-0.1, -0.05) is 6.42 Å². The summed E-state index contributed by atoms with van der Waals surface area (Å²) in [5.74, 6) is 1.52. The van der Waals surface area contributed by atoms with Gasteiger partial charge < -0.3 is 20.9 Å². The van der Waals surface area contributed by atoms with Crippen LogP contribution in [-0.2, 0) is 0 Å². The molecule has 3 rings (SSSR count). The normalized spacial score (nSPS) is 18.5. The van der Waals surface area contributed by atoms with Crippen LogP contribution in [-0.4, -0.2) is 30.8 Å². The molecule has 1 saturated carbocycles. The smallest absolute Gasteiger partial charge is 0.220 e. The van der Waals surface area contributed by atoms with Crippen molar-refractivity contribution in [3.8, 4) is 17.6 Å². The van der Waals surface area contributed by atoms with Crippen molar-refractivity contribution in [1.29, 1.82) is 5.26 Å². The van der Waals surface area contributed by atoms with E-state index >= 15 is 0 Å². The van der Waals surface area contributed by atoms with Gasteiger partial charge in [-0.05, 0) is 39.5 Å². The van der Waals surface area contributed by atoms with Crippen LogP contribution in [0.1, 0.15) is 51.5 Å². The first-order valence-corrected chi connectivity index (χ1v) is 9.38. The number of nitrogens with two attached hydrogens (primary N) is 2. The van der Waals surface area contributed by atoms with Crippen LogP contribution >= 0.6 is 0 Å². The largest absolute Gasteiger partial charge is 0.490 e. The maximum absolute atomic E-state index is 9.77. The molecule has 0 bridgehead atoms. The van der Waals surface area contributed by atoms with Crippen LogP contribution in [0.4, 0.5) is 5.69 Å². The Hall–Kier alpha value is -2.95. The number of rotatable bonds is 5. The Bertz CT molecular complexity index is 805. The highest BCUT2D eigenvalue weighted by Crippen LogP contribution is 2.43. The van der Waals surface area contributed by atoms with E-state index in [9.17, 15) is 5.26 Å². The number of hydrogen-bond donors (Lipinski definition) is 2. The molecule has 1 aliphatic heterocycles. The fourth-order valence-corrected chi connectivity index (χ4v) is 3.83. The zero-order valence-corrected chi connectivity index (χ0v) is 15.9. The maximum Gasteiger partial charge on any atom is 0.220 e. The van der Waals surface area contributed by atoms with E-state index in [0.717, 1.165) is 32.1 Å². The summed E-state index contributed by atoms with van der Waals surface area (Å²) in [6.45, 7) is 4.74. The minimum atomic E-state index is -0.615. The van der Waals surface area contributed by atoms with Gasteiger partial charge in [-0.2, -0.15) is 10.3 Å². The molecule has 1 aromatic carbocycles. The molecular formula is C19H26N6O2. The summed E-state index contributed by atoms with van der Waals surface area (Å²) in [5, 5.41) is 9.77. The van der Waals surface area contributed by atoms with Crippen molar-refractivity contribution in [2.24, 2.45) is 21.5 Å². The van der Waals surface area contributed by atoms with Gasteiger partial charge in [0.05, 0.1) is 24.5 Å². The standard InChI is InChI=1S/C19H26N6O2/c1-3-26-15-10-13(12-20)14(11-16(15)27-4-2)25-18(22)23-17(21)24-19(25)8-6-5-7-9-19/h10-11H,3-9H2,1-2H3,(H4,21,22,23,24). The highest BCUT2D eigenvalue weighted by molar-refractivity contribution is 6.06. The Kier molecular flexibility index (Phi) is 5.40. The third kappa shape index (κ3) is 3.50. The van der Waals surface area contributed by atoms with Crippen molar-refractivity contribution >= 4 is 17.6 Å². The topological polar surface area (TPSA) is 122 Å². The van der Waals surface area contributed by atoms with E-state index in [1.165, 1.54) is 0 Å². The van der Waals surface area contributed by atoms with E-state index in [4.69, 9.17) is 20.9 Å². The van der Waals surface area contributed by atoms with E-state index in [0.29, 0.717) is 36.0 Å². The number of anilines is 1. The number of nitriles is 1. The lowest BCUT2D eigenvalue weighted by atomic mass is 9.87. The Morgan fingerprint density at radius 3 is 2.33 bits per heavy atom. The molecule has 8 nitrogen and oxygen atoms in total. The second-order valence-corrected chi connectivity index (χ2v) is 6.61. The summed E-state index contributed by atoms with van der Waals surface area (Å²) in [6, 6.07) is 5.73. The van der Waals surface area contributed by atoms with Crippen molar-refractivity contribution < 1.29 is 9.47 Å². The second kappa shape index (κ2) is 7.74. The minimum absolute atomic E-state index is 0.181. The van der Waals surface area contributed by atoms with Gasteiger partial charge in [0.15, 0.2) is 11.5 Å². The van der Waals surface area contributed by atoms with Gasteiger partial charge in [0.25, 0.3) is 0 Å². The van der Waals surface area contributed by atoms with E-state index in [1.807, 2.05) is 18.7 Å². The second-order valence-electron chi connectivity index (χ2n) is 6.61. The Labute approximate surface area is 159 Å². The molecule has 0 unspecified atom stereocenters. The zero-order valence-electron chi connectivity index (χ0n) is 15.9. The predicted molar refractivity (Wildman–Crippen MR) is 105 cm³/mol. The average molecular weight is 370 g/mol. The zero-order chi connectivity index (χ0) is 19.4. The first-order valence-electron chi connectivity index (χ1n) is 9.38. The molecule has 8 heteroatoms. The first kappa shape index (κ1) is 18.8. The molecule has 144 valence electrons. The number of benzene rings is 1. The highest BCUT2D eigenvalue weighted by Gasteiger charge is 2.43. The van der Waals surface area contributed by atoms with Crippen LogP contribution in [0.15, 0.2) is 22.1 Å². The monoisotopic (exact) mass is 370 g/mol. The number of nitrogens with zero attached hydrogens (tertiary/aromatic N) is 4. The maximum atomic E-state index is 9.77. The van der Waals surface area contributed by atoms with Crippen LogP contribution in [0.5, 0.6) is 11.5 Å². The van der Waals surface area contributed by atoms with Gasteiger partial charge in [-0.25, -0.2) is 4.99 Å². The number of ether oxygens (including phenoxy) is 2. The molecular weight excluding hydrogens is 344 g/mol. The number of guanidine groups is 2. The van der Waals surface area contributed by atoms with E-state index in [1.54, 1.807) is 12.1 Å². The fourth-order valence-electron chi connectivity index (χ4n) is 3.83. The summed E-state index contributed by atoms with van der Waals surface area (Å²) in [4.78, 5) is 10.7. The van der Waals surface area contributed by atoms with Crippen LogP contribution < -0.4 is 25.8 Å². The van der Waals surface area contributed by atoms with Crippen molar-refractivity contribution in [2.45, 2.75) is 51.6 Å². The van der Waals surface area contributed by atoms with E-state index < -0.39 is 5.66 Å². The summed E-state index contributed by atoms with van der Waals surface area (Å²) in [5.41, 5.74) is 12.6. The van der Waals surface area contributed by atoms with Crippen LogP contribution in [0, 0.1) is 11.3 Å². The van der Waals surface area contributed by atoms with Crippen molar-refractivity contribution in [3.05, 3.63) is 17.7 Å². The Morgan fingerprint density at radius 2 is 1.74 bits per heavy atom. The third-order valence-corrected chi connectivity index (χ3v) is 4.87. The molecule has 1 spiro atoms. The molecule has 4 N–H and O–H groups in total. The predicted octanol–water partition coefficient (Wildman–Crippen LogP) is 2.47. The summed E-state index contributed by atoms with van der Waals surface area (Å²) in [6.07, 6.45) is 4.76. The molecule has 0 atom stereocenters. The Morgan fingerprint density at radius 1 is 1.11 bits per heavy atom. The van der Waals surface area contributed by atoms with Gasteiger partial charge >= 0.3 is 0 Å². The van der Waals surface area contributed by atoms with Crippen LogP contribution in [0.2, 0.25) is 0 Å². The first-order chi connectivity index (χ1) is 13.0. The molecule has 2 aliphatic rings. The molecule has 0 aromatic heterocycles. The van der Waals surface area contributed by atoms with Crippen LogP contribution in [0.3, 0.4) is 0 Å². The highest BCUT2D eigenvalue weighted by atomic mass is 16.5. The molecule has 0 radical (unpaired) electrons. The quantitative estimate of drug-likeness (QED) is 0.821. The molecule has 27 heavy (non-hydrogen) atoms. The summed E-state index contributed by atoms with van der Waals surface area (Å²) < 4.78 is 11.4. The van der Waals surface area contributed by atoms with Gasteiger partial charge in [0.1, 0.15) is 11.7 Å². The minimum Gasteiger partial charge on any atom is -0.490 e. The van der Waals surface area contributed by atoms with Gasteiger partial charge in [-0.15, -0.1) is 0 Å². The Balaban J connectivity index is 2.16. The van der Waals surface area contributed by atoms with Gasteiger partial charge in [-0.3, -0.25) is 4.90 Å². The molecule has 1 aromatic rings. The molecule has 0 amide bonds. The molecule has 1 fully saturated rings. The molecule has 1 aliphatic carbocycles. The van der Waals surface area contributed by atoms with Crippen LogP contribution in [0.25, 0.3) is 0 Å². The van der Waals surface area contributed by atoms with Gasteiger partial charge in [0, 0.05) is 12.1 Å². The number of aliphatic imine (C=N–C) groups is 2. The lowest BCUT2D eigenvalue weighted by Crippen LogP contribution is -2.58.